The van der Waals surface area contributed by atoms with Crippen LogP contribution in [-0.2, 0) is 16.8 Å². The second-order valence-corrected chi connectivity index (χ2v) is 6.60. The summed E-state index contributed by atoms with van der Waals surface area (Å²) in [6, 6.07) is 16.0. The van der Waals surface area contributed by atoms with Crippen LogP contribution in [0, 0.1) is 0 Å². The first kappa shape index (κ1) is 16.7. The largest absolute Gasteiger partial charge is 0.384 e. The van der Waals surface area contributed by atoms with Crippen LogP contribution in [0.15, 0.2) is 48.5 Å². The molecule has 0 radical (unpaired) electrons. The second kappa shape index (κ2) is 6.75. The number of hydrogen-bond donors (Lipinski definition) is 3. The molecule has 24 heavy (non-hydrogen) atoms. The van der Waals surface area contributed by atoms with Crippen LogP contribution in [0.2, 0.25) is 0 Å². The van der Waals surface area contributed by atoms with Crippen molar-refractivity contribution < 1.29 is 9.90 Å². The van der Waals surface area contributed by atoms with Crippen LogP contribution in [0.1, 0.15) is 43.0 Å². The van der Waals surface area contributed by atoms with Crippen molar-refractivity contribution in [2.45, 2.75) is 38.3 Å². The van der Waals surface area contributed by atoms with Crippen LogP contribution in [0.25, 0.3) is 0 Å². The van der Waals surface area contributed by atoms with Crippen LogP contribution >= 0.6 is 0 Å². The fourth-order valence-corrected chi connectivity index (χ4v) is 3.38. The smallest absolute Gasteiger partial charge is 0.221 e. The number of rotatable bonds is 5. The third-order valence-corrected chi connectivity index (χ3v) is 4.73. The molecule has 4 heteroatoms. The van der Waals surface area contributed by atoms with Crippen molar-refractivity contribution in [1.29, 1.82) is 0 Å². The van der Waals surface area contributed by atoms with Gasteiger partial charge in [0.25, 0.3) is 0 Å². The lowest BCUT2D eigenvalue weighted by Crippen LogP contribution is -2.37. The Bertz CT molecular complexity index is 744. The van der Waals surface area contributed by atoms with Gasteiger partial charge in [-0.3, -0.25) is 4.79 Å². The zero-order chi connectivity index (χ0) is 17.2. The van der Waals surface area contributed by atoms with E-state index in [4.69, 9.17) is 0 Å². The summed E-state index contributed by atoms with van der Waals surface area (Å²) in [6.45, 7) is 4.08. The molecule has 1 aliphatic rings. The Morgan fingerprint density at radius 2 is 2.04 bits per heavy atom. The minimum absolute atomic E-state index is 0.0790. The maximum absolute atomic E-state index is 11.2. The van der Waals surface area contributed by atoms with Crippen molar-refractivity contribution in [3.05, 3.63) is 65.2 Å². The first-order valence-electron chi connectivity index (χ1n) is 8.40. The van der Waals surface area contributed by atoms with Gasteiger partial charge < -0.3 is 15.7 Å². The molecule has 2 aromatic rings. The summed E-state index contributed by atoms with van der Waals surface area (Å²) in [5.74, 6) is -0.0790. The van der Waals surface area contributed by atoms with Crippen molar-refractivity contribution in [3.63, 3.8) is 0 Å². The number of aryl methyl sites for hydroxylation is 1. The zero-order valence-electron chi connectivity index (χ0n) is 14.2. The minimum atomic E-state index is -0.805. The molecule has 4 nitrogen and oxygen atoms in total. The van der Waals surface area contributed by atoms with Crippen LogP contribution in [0.4, 0.5) is 5.69 Å². The topological polar surface area (TPSA) is 61.4 Å². The monoisotopic (exact) mass is 324 g/mol. The standard InChI is InChI=1S/C20H24N2O2/c1-14(17-7-5-8-18(12-17)22-15(2)23)21-13-20(24)11-10-16-6-3-4-9-19(16)20/h3-9,12,14,21,24H,10-11,13H2,1-2H3,(H,22,23)/t14-,20-/m1/s1. The lowest BCUT2D eigenvalue weighted by molar-refractivity contribution is -0.114. The molecule has 2 atom stereocenters. The summed E-state index contributed by atoms with van der Waals surface area (Å²) in [6.07, 6.45) is 1.67. The Morgan fingerprint density at radius 1 is 1.25 bits per heavy atom. The normalized spacial score (nSPS) is 20.5. The van der Waals surface area contributed by atoms with Crippen molar-refractivity contribution >= 4 is 11.6 Å². The van der Waals surface area contributed by atoms with Gasteiger partial charge in [-0.25, -0.2) is 0 Å². The quantitative estimate of drug-likeness (QED) is 0.792. The van der Waals surface area contributed by atoms with Crippen molar-refractivity contribution in [1.82, 2.24) is 5.32 Å². The van der Waals surface area contributed by atoms with Crippen molar-refractivity contribution in [3.8, 4) is 0 Å². The summed E-state index contributed by atoms with van der Waals surface area (Å²) in [5, 5.41) is 17.2. The number of nitrogens with one attached hydrogen (secondary N) is 2. The lowest BCUT2D eigenvalue weighted by Gasteiger charge is -2.27. The molecule has 2 aromatic carbocycles. The van der Waals surface area contributed by atoms with E-state index >= 15 is 0 Å². The number of carbonyl (C=O) groups is 1. The first-order chi connectivity index (χ1) is 11.5. The number of amides is 1. The van der Waals surface area contributed by atoms with Gasteiger partial charge in [-0.2, -0.15) is 0 Å². The van der Waals surface area contributed by atoms with E-state index in [2.05, 4.69) is 23.6 Å². The predicted octanol–water partition coefficient (Wildman–Crippen LogP) is 3.13. The molecule has 0 saturated carbocycles. The van der Waals surface area contributed by atoms with Crippen LogP contribution in [0.5, 0.6) is 0 Å². The highest BCUT2D eigenvalue weighted by molar-refractivity contribution is 5.88. The predicted molar refractivity (Wildman–Crippen MR) is 95.8 cm³/mol. The Labute approximate surface area is 142 Å². The van der Waals surface area contributed by atoms with Gasteiger partial charge in [0, 0.05) is 25.2 Å². The fraction of sp³-hybridized carbons (Fsp3) is 0.350. The average Bonchev–Trinajstić information content (AvgIpc) is 2.90. The molecular weight excluding hydrogens is 300 g/mol. The minimum Gasteiger partial charge on any atom is -0.384 e. The maximum Gasteiger partial charge on any atom is 0.221 e. The maximum atomic E-state index is 11.2. The second-order valence-electron chi connectivity index (χ2n) is 6.60. The first-order valence-corrected chi connectivity index (χ1v) is 8.40. The SMILES string of the molecule is CC(=O)Nc1cccc([C@@H](C)NC[C@]2(O)CCc3ccccc32)c1. The molecule has 0 bridgehead atoms. The molecule has 3 N–H and O–H groups in total. The molecule has 0 saturated heterocycles. The molecule has 0 heterocycles. The molecule has 3 rings (SSSR count). The molecular formula is C20H24N2O2. The third-order valence-electron chi connectivity index (χ3n) is 4.73. The number of fused-ring (bicyclic) bond motifs is 1. The van der Waals surface area contributed by atoms with Crippen molar-refractivity contribution in [2.75, 3.05) is 11.9 Å². The summed E-state index contributed by atoms with van der Waals surface area (Å²) in [5.41, 5.74) is 3.34. The number of benzene rings is 2. The number of anilines is 1. The van der Waals surface area contributed by atoms with Gasteiger partial charge in [-0.15, -0.1) is 0 Å². The molecule has 0 aromatic heterocycles. The van der Waals surface area contributed by atoms with Gasteiger partial charge in [-0.05, 0) is 48.6 Å². The average molecular weight is 324 g/mol. The molecule has 0 spiro atoms. The number of aliphatic hydroxyl groups is 1. The van der Waals surface area contributed by atoms with E-state index < -0.39 is 5.60 Å². The fourth-order valence-electron chi connectivity index (χ4n) is 3.38. The van der Waals surface area contributed by atoms with Crippen LogP contribution < -0.4 is 10.6 Å². The van der Waals surface area contributed by atoms with Crippen LogP contribution in [-0.4, -0.2) is 17.6 Å². The molecule has 0 unspecified atom stereocenters. The zero-order valence-corrected chi connectivity index (χ0v) is 14.2. The number of carbonyl (C=O) groups excluding carboxylic acids is 1. The molecule has 126 valence electrons. The highest BCUT2D eigenvalue weighted by atomic mass is 16.3. The highest BCUT2D eigenvalue weighted by Gasteiger charge is 2.36. The Balaban J connectivity index is 1.68. The van der Waals surface area contributed by atoms with E-state index in [0.29, 0.717) is 6.54 Å². The van der Waals surface area contributed by atoms with E-state index in [1.54, 1.807) is 0 Å². The Hall–Kier alpha value is -2.17. The molecule has 1 amide bonds. The molecule has 0 fully saturated rings. The van der Waals surface area contributed by atoms with Crippen molar-refractivity contribution in [2.24, 2.45) is 0 Å². The Kier molecular flexibility index (Phi) is 4.69. The summed E-state index contributed by atoms with van der Waals surface area (Å²) >= 11 is 0. The summed E-state index contributed by atoms with van der Waals surface area (Å²) < 4.78 is 0. The van der Waals surface area contributed by atoms with Gasteiger partial charge in [-0.1, -0.05) is 36.4 Å². The van der Waals surface area contributed by atoms with E-state index in [1.807, 2.05) is 42.5 Å². The van der Waals surface area contributed by atoms with Gasteiger partial charge >= 0.3 is 0 Å². The third kappa shape index (κ3) is 3.50. The van der Waals surface area contributed by atoms with Gasteiger partial charge in [0.05, 0.1) is 0 Å². The van der Waals surface area contributed by atoms with E-state index in [1.165, 1.54) is 12.5 Å². The van der Waals surface area contributed by atoms with E-state index in [9.17, 15) is 9.90 Å². The van der Waals surface area contributed by atoms with E-state index in [0.717, 1.165) is 29.7 Å². The molecule has 1 aliphatic carbocycles. The Morgan fingerprint density at radius 3 is 2.83 bits per heavy atom. The van der Waals surface area contributed by atoms with Gasteiger partial charge in [0.1, 0.15) is 5.60 Å². The van der Waals surface area contributed by atoms with Gasteiger partial charge in [0.15, 0.2) is 0 Å². The summed E-state index contributed by atoms with van der Waals surface area (Å²) in [4.78, 5) is 11.2. The van der Waals surface area contributed by atoms with E-state index in [-0.39, 0.29) is 11.9 Å². The summed E-state index contributed by atoms with van der Waals surface area (Å²) in [7, 11) is 0. The van der Waals surface area contributed by atoms with Crippen LogP contribution in [0.3, 0.4) is 0 Å². The highest BCUT2D eigenvalue weighted by Crippen LogP contribution is 2.36. The number of hydrogen-bond acceptors (Lipinski definition) is 3. The molecule has 0 aliphatic heterocycles. The van der Waals surface area contributed by atoms with Gasteiger partial charge in [0.2, 0.25) is 5.91 Å². The lowest BCUT2D eigenvalue weighted by atomic mass is 9.95.